The van der Waals surface area contributed by atoms with Crippen LogP contribution in [0.5, 0.6) is 0 Å². The molecule has 1 aliphatic heterocycles. The fourth-order valence-electron chi connectivity index (χ4n) is 4.58. The lowest BCUT2D eigenvalue weighted by Gasteiger charge is -2.24. The summed E-state index contributed by atoms with van der Waals surface area (Å²) in [6.45, 7) is 0. The molecule has 0 radical (unpaired) electrons. The number of benzene rings is 3. The van der Waals surface area contributed by atoms with Gasteiger partial charge in [0.05, 0.1) is 24.3 Å². The summed E-state index contributed by atoms with van der Waals surface area (Å²) in [6.07, 6.45) is 0. The quantitative estimate of drug-likeness (QED) is 0.0866. The number of carbonyl (C=O) groups excluding carboxylic acids is 3. The number of esters is 1. The van der Waals surface area contributed by atoms with Gasteiger partial charge in [0.15, 0.2) is 15.9 Å². The van der Waals surface area contributed by atoms with Crippen molar-refractivity contribution in [2.75, 3.05) is 12.0 Å². The van der Waals surface area contributed by atoms with E-state index in [1.807, 2.05) is 18.2 Å². The van der Waals surface area contributed by atoms with Gasteiger partial charge >= 0.3 is 5.97 Å². The maximum Gasteiger partial charge on any atom is 0.337 e. The second-order valence-corrected chi connectivity index (χ2v) is 11.8. The van der Waals surface area contributed by atoms with Crippen molar-refractivity contribution in [1.29, 1.82) is 0 Å². The Kier molecular flexibility index (Phi) is 7.55. The lowest BCUT2D eigenvalue weighted by Crippen LogP contribution is -2.31. The fraction of sp³-hybridized carbons (Fsp3) is 0.100. The highest BCUT2D eigenvalue weighted by atomic mass is 35.5. The highest BCUT2D eigenvalue weighted by Gasteiger charge is 2.46. The summed E-state index contributed by atoms with van der Waals surface area (Å²) >= 11 is 8.56. The van der Waals surface area contributed by atoms with Crippen LogP contribution >= 0.6 is 34.7 Å². The fourth-order valence-corrected chi connectivity index (χ4v) is 6.53. The van der Waals surface area contributed by atoms with Crippen molar-refractivity contribution in [2.45, 2.75) is 16.1 Å². The summed E-state index contributed by atoms with van der Waals surface area (Å²) in [7, 11) is 1.27. The summed E-state index contributed by atoms with van der Waals surface area (Å²) < 4.78 is 11.2. The first-order valence-electron chi connectivity index (χ1n) is 12.5. The Morgan fingerprint density at radius 3 is 2.52 bits per heavy atom. The highest BCUT2D eigenvalue weighted by molar-refractivity contribution is 8.00. The number of carbonyl (C=O) groups is 3. The van der Waals surface area contributed by atoms with Crippen LogP contribution in [-0.2, 0) is 15.3 Å². The van der Waals surface area contributed by atoms with Crippen LogP contribution in [0, 0.1) is 0 Å². The van der Waals surface area contributed by atoms with Gasteiger partial charge in [-0.1, -0.05) is 77.2 Å². The van der Waals surface area contributed by atoms with E-state index in [0.29, 0.717) is 31.6 Å². The molecule has 0 aliphatic carbocycles. The molecule has 12 heteroatoms. The van der Waals surface area contributed by atoms with Gasteiger partial charge in [0.25, 0.3) is 5.91 Å². The van der Waals surface area contributed by atoms with Crippen LogP contribution in [0.2, 0.25) is 5.02 Å². The monoisotopic (exact) mass is 617 g/mol. The second kappa shape index (κ2) is 11.4. The van der Waals surface area contributed by atoms with E-state index in [2.05, 4.69) is 10.2 Å². The number of ketones is 1. The van der Waals surface area contributed by atoms with Crippen molar-refractivity contribution < 1.29 is 28.6 Å². The van der Waals surface area contributed by atoms with Crippen LogP contribution in [0.25, 0.3) is 11.0 Å². The standard InChI is InChI=1S/C30H20ClN3O6S2/c1-39-28(38)18-10-8-17(9-11-18)24-23(25(35)22-14-19-4-2-3-5-21(19)40-22)26(36)27(37)34(24)29-32-33-30(42-29)41-15-16-6-12-20(31)13-7-16/h2-14,24,36H,15H2,1H3. The molecular weight excluding hydrogens is 598 g/mol. The molecule has 0 fully saturated rings. The maximum atomic E-state index is 13.8. The van der Waals surface area contributed by atoms with E-state index in [-0.39, 0.29) is 22.0 Å². The lowest BCUT2D eigenvalue weighted by atomic mass is 9.94. The number of hydrogen-bond acceptors (Lipinski definition) is 10. The van der Waals surface area contributed by atoms with Gasteiger partial charge in [0, 0.05) is 16.2 Å². The van der Waals surface area contributed by atoms with Gasteiger partial charge in [-0.05, 0) is 47.5 Å². The van der Waals surface area contributed by atoms with E-state index >= 15 is 0 Å². The molecular formula is C30H20ClN3O6S2. The van der Waals surface area contributed by atoms with Gasteiger partial charge in [-0.3, -0.25) is 14.5 Å². The third-order valence-corrected chi connectivity index (χ3v) is 9.01. The Morgan fingerprint density at radius 1 is 1.07 bits per heavy atom. The van der Waals surface area contributed by atoms with Crippen molar-refractivity contribution in [3.8, 4) is 0 Å². The summed E-state index contributed by atoms with van der Waals surface area (Å²) in [6, 6.07) is 21.3. The first kappa shape index (κ1) is 27.7. The molecule has 210 valence electrons. The first-order chi connectivity index (χ1) is 20.3. The zero-order valence-corrected chi connectivity index (χ0v) is 24.2. The summed E-state index contributed by atoms with van der Waals surface area (Å²) in [5, 5.41) is 21.1. The normalized spacial score (nSPS) is 15.0. The maximum absolute atomic E-state index is 13.8. The SMILES string of the molecule is COC(=O)c1ccc(C2C(C(=O)c3cc4ccccc4o3)=C(O)C(=O)N2c2nnc(SCc3ccc(Cl)cc3)s2)cc1. The van der Waals surface area contributed by atoms with Crippen LogP contribution < -0.4 is 4.90 Å². The average molecular weight is 618 g/mol. The Hall–Kier alpha value is -4.45. The molecule has 3 aromatic carbocycles. The van der Waals surface area contributed by atoms with E-state index < -0.39 is 29.5 Å². The highest BCUT2D eigenvalue weighted by Crippen LogP contribution is 2.44. The number of halogens is 1. The summed E-state index contributed by atoms with van der Waals surface area (Å²) in [4.78, 5) is 40.6. The number of amides is 1. The smallest absolute Gasteiger partial charge is 0.337 e. The van der Waals surface area contributed by atoms with E-state index in [4.69, 9.17) is 20.8 Å². The number of rotatable bonds is 8. The van der Waals surface area contributed by atoms with Gasteiger partial charge < -0.3 is 14.3 Å². The molecule has 6 rings (SSSR count). The van der Waals surface area contributed by atoms with Crippen molar-refractivity contribution in [3.63, 3.8) is 0 Å². The van der Waals surface area contributed by atoms with Crippen LogP contribution in [0.4, 0.5) is 5.13 Å². The van der Waals surface area contributed by atoms with Crippen molar-refractivity contribution in [2.24, 2.45) is 0 Å². The number of thioether (sulfide) groups is 1. The first-order valence-corrected chi connectivity index (χ1v) is 14.7. The van der Waals surface area contributed by atoms with Crippen LogP contribution in [0.1, 0.15) is 38.1 Å². The van der Waals surface area contributed by atoms with Gasteiger partial charge in [0.2, 0.25) is 10.9 Å². The number of para-hydroxylation sites is 1. The molecule has 42 heavy (non-hydrogen) atoms. The molecule has 0 bridgehead atoms. The van der Waals surface area contributed by atoms with E-state index in [1.165, 1.54) is 35.9 Å². The van der Waals surface area contributed by atoms with Crippen LogP contribution in [0.3, 0.4) is 0 Å². The second-order valence-electron chi connectivity index (χ2n) is 9.20. The molecule has 1 aliphatic rings. The zero-order valence-electron chi connectivity index (χ0n) is 21.8. The molecule has 2 aromatic heterocycles. The average Bonchev–Trinajstić information content (AvgIpc) is 3.72. The summed E-state index contributed by atoms with van der Waals surface area (Å²) in [5.41, 5.74) is 2.10. The number of aliphatic hydroxyl groups excluding tert-OH is 1. The molecule has 1 atom stereocenters. The Balaban J connectivity index is 1.37. The van der Waals surface area contributed by atoms with E-state index in [1.54, 1.807) is 48.5 Å². The van der Waals surface area contributed by atoms with E-state index in [0.717, 1.165) is 16.9 Å². The number of Topliss-reactive ketones (excluding diaryl/α,β-unsaturated/α-hetero) is 1. The number of aliphatic hydroxyl groups is 1. The van der Waals surface area contributed by atoms with Gasteiger partial charge in [-0.2, -0.15) is 0 Å². The number of aromatic nitrogens is 2. The number of anilines is 1. The number of furan rings is 1. The Labute approximate surface area is 252 Å². The molecule has 3 heterocycles. The molecule has 1 N–H and O–H groups in total. The van der Waals surface area contributed by atoms with Crippen molar-refractivity contribution in [3.05, 3.63) is 118 Å². The largest absolute Gasteiger partial charge is 0.503 e. The zero-order chi connectivity index (χ0) is 29.4. The Morgan fingerprint density at radius 2 is 1.81 bits per heavy atom. The van der Waals surface area contributed by atoms with Gasteiger partial charge in [0.1, 0.15) is 5.58 Å². The number of ether oxygens (including phenoxy) is 1. The molecule has 1 amide bonds. The molecule has 9 nitrogen and oxygen atoms in total. The Bertz CT molecular complexity index is 1830. The van der Waals surface area contributed by atoms with Crippen LogP contribution in [0.15, 0.2) is 99.0 Å². The van der Waals surface area contributed by atoms with Gasteiger partial charge in [-0.25, -0.2) is 4.79 Å². The third kappa shape index (κ3) is 5.18. The lowest BCUT2D eigenvalue weighted by molar-refractivity contribution is -0.117. The molecule has 0 saturated carbocycles. The molecule has 5 aromatic rings. The predicted octanol–water partition coefficient (Wildman–Crippen LogP) is 6.80. The minimum absolute atomic E-state index is 0.0277. The number of nitrogens with zero attached hydrogens (tertiary/aromatic N) is 3. The minimum atomic E-state index is -1.06. The molecule has 1 unspecified atom stereocenters. The third-order valence-electron chi connectivity index (χ3n) is 6.63. The molecule has 0 spiro atoms. The number of fused-ring (bicyclic) bond motifs is 1. The van der Waals surface area contributed by atoms with Crippen molar-refractivity contribution >= 4 is 68.5 Å². The topological polar surface area (TPSA) is 123 Å². The number of methoxy groups -OCH3 is 1. The van der Waals surface area contributed by atoms with Crippen LogP contribution in [-0.4, -0.2) is 40.1 Å². The van der Waals surface area contributed by atoms with Gasteiger partial charge in [-0.15, -0.1) is 10.2 Å². The summed E-state index contributed by atoms with van der Waals surface area (Å²) in [5.74, 6) is -2.14. The minimum Gasteiger partial charge on any atom is -0.503 e. The predicted molar refractivity (Wildman–Crippen MR) is 159 cm³/mol. The van der Waals surface area contributed by atoms with Crippen molar-refractivity contribution in [1.82, 2.24) is 10.2 Å². The number of hydrogen-bond donors (Lipinski definition) is 1. The molecule has 0 saturated heterocycles. The van der Waals surface area contributed by atoms with E-state index in [9.17, 15) is 19.5 Å².